The van der Waals surface area contributed by atoms with Crippen LogP contribution in [-0.2, 0) is 0 Å². The topological polar surface area (TPSA) is 99.7 Å². The summed E-state index contributed by atoms with van der Waals surface area (Å²) in [5.74, 6) is -1.54. The van der Waals surface area contributed by atoms with E-state index in [-0.39, 0.29) is 18.1 Å². The van der Waals surface area contributed by atoms with Gasteiger partial charge in [-0.1, -0.05) is 0 Å². The fourth-order valence-electron chi connectivity index (χ4n) is 1.51. The van der Waals surface area contributed by atoms with Gasteiger partial charge in [0, 0.05) is 6.54 Å². The number of halogens is 3. The van der Waals surface area contributed by atoms with Crippen LogP contribution in [0.25, 0.3) is 0 Å². The number of anilines is 2. The number of hydrogen-bond acceptors (Lipinski definition) is 5. The number of alkyl halides is 3. The summed E-state index contributed by atoms with van der Waals surface area (Å²) in [5, 5.41) is 17.7. The number of pyridine rings is 1. The lowest BCUT2D eigenvalue weighted by Gasteiger charge is -2.26. The molecule has 0 aliphatic carbocycles. The van der Waals surface area contributed by atoms with Gasteiger partial charge in [0.15, 0.2) is 0 Å². The Hall–Kier alpha value is -2.03. The largest absolute Gasteiger partial charge is 0.478 e. The molecule has 0 radical (unpaired) electrons. The number of aromatic nitrogens is 1. The van der Waals surface area contributed by atoms with Crippen LogP contribution in [0.3, 0.4) is 0 Å². The van der Waals surface area contributed by atoms with Gasteiger partial charge in [-0.3, -0.25) is 0 Å². The second-order valence-electron chi connectivity index (χ2n) is 3.69. The smallest absolute Gasteiger partial charge is 0.405 e. The summed E-state index contributed by atoms with van der Waals surface area (Å²) in [4.78, 5) is 15.3. The number of hydrogen-bond donors (Lipinski definition) is 3. The molecular formula is C10H12F3N3O3. The van der Waals surface area contributed by atoms with Crippen LogP contribution < -0.4 is 10.6 Å². The number of nitrogens with two attached hydrogens (primary N) is 1. The zero-order valence-electron chi connectivity index (χ0n) is 9.68. The molecule has 0 unspecified atom stereocenters. The molecule has 19 heavy (non-hydrogen) atoms. The molecule has 0 saturated carbocycles. The Labute approximate surface area is 106 Å². The Kier molecular flexibility index (Phi) is 4.54. The molecule has 4 N–H and O–H groups in total. The summed E-state index contributed by atoms with van der Waals surface area (Å²) < 4.78 is 37.2. The van der Waals surface area contributed by atoms with Crippen LogP contribution in [0.5, 0.6) is 0 Å². The average molecular weight is 279 g/mol. The first-order valence-electron chi connectivity index (χ1n) is 5.16. The first-order valence-corrected chi connectivity index (χ1v) is 5.16. The molecule has 0 aliphatic heterocycles. The monoisotopic (exact) mass is 279 g/mol. The van der Waals surface area contributed by atoms with Gasteiger partial charge in [-0.05, 0) is 6.07 Å². The third-order valence-corrected chi connectivity index (χ3v) is 2.22. The van der Waals surface area contributed by atoms with Gasteiger partial charge < -0.3 is 20.8 Å². The van der Waals surface area contributed by atoms with Gasteiger partial charge in [0.1, 0.15) is 12.4 Å². The third kappa shape index (κ3) is 4.28. The highest BCUT2D eigenvalue weighted by Gasteiger charge is 2.32. The Morgan fingerprint density at radius 1 is 1.47 bits per heavy atom. The van der Waals surface area contributed by atoms with E-state index in [0.29, 0.717) is 4.90 Å². The van der Waals surface area contributed by atoms with Gasteiger partial charge in [0.25, 0.3) is 0 Å². The van der Waals surface area contributed by atoms with E-state index in [1.54, 1.807) is 0 Å². The SMILES string of the molecule is Nc1cc(C(=O)O)c(N(CCO)CC(F)(F)F)cn1. The Bertz CT molecular complexity index is 465. The number of aliphatic hydroxyl groups excluding tert-OH is 1. The van der Waals surface area contributed by atoms with Gasteiger partial charge >= 0.3 is 12.1 Å². The van der Waals surface area contributed by atoms with E-state index in [4.69, 9.17) is 15.9 Å². The van der Waals surface area contributed by atoms with E-state index >= 15 is 0 Å². The molecule has 0 aliphatic rings. The van der Waals surface area contributed by atoms with Crippen molar-refractivity contribution in [2.45, 2.75) is 6.18 Å². The number of rotatable bonds is 5. The molecule has 0 aromatic carbocycles. The lowest BCUT2D eigenvalue weighted by atomic mass is 10.2. The highest BCUT2D eigenvalue weighted by Crippen LogP contribution is 2.25. The van der Waals surface area contributed by atoms with Crippen molar-refractivity contribution in [3.63, 3.8) is 0 Å². The van der Waals surface area contributed by atoms with Crippen LogP contribution >= 0.6 is 0 Å². The van der Waals surface area contributed by atoms with Crippen LogP contribution in [0.15, 0.2) is 12.3 Å². The van der Waals surface area contributed by atoms with Crippen molar-refractivity contribution in [2.75, 3.05) is 30.3 Å². The van der Waals surface area contributed by atoms with Gasteiger partial charge in [0.2, 0.25) is 0 Å². The van der Waals surface area contributed by atoms with E-state index in [9.17, 15) is 18.0 Å². The number of nitrogens with zero attached hydrogens (tertiary/aromatic N) is 2. The minimum atomic E-state index is -4.54. The maximum Gasteiger partial charge on any atom is 0.405 e. The van der Waals surface area contributed by atoms with Crippen molar-refractivity contribution in [3.05, 3.63) is 17.8 Å². The number of carboxylic acid groups (broad SMARTS) is 1. The normalized spacial score (nSPS) is 11.4. The quantitative estimate of drug-likeness (QED) is 0.734. The second kappa shape index (κ2) is 5.74. The molecule has 0 spiro atoms. The van der Waals surface area contributed by atoms with E-state index < -0.39 is 30.9 Å². The van der Waals surface area contributed by atoms with Crippen LogP contribution in [0.4, 0.5) is 24.7 Å². The summed E-state index contributed by atoms with van der Waals surface area (Å²) >= 11 is 0. The molecule has 1 heterocycles. The van der Waals surface area contributed by atoms with E-state index in [2.05, 4.69) is 4.98 Å². The van der Waals surface area contributed by atoms with Gasteiger partial charge in [-0.2, -0.15) is 13.2 Å². The van der Waals surface area contributed by atoms with E-state index in [0.717, 1.165) is 12.3 Å². The number of nitrogen functional groups attached to an aromatic ring is 1. The number of aliphatic hydroxyl groups is 1. The van der Waals surface area contributed by atoms with Gasteiger partial charge in [-0.15, -0.1) is 0 Å². The average Bonchev–Trinajstić information content (AvgIpc) is 2.26. The molecular weight excluding hydrogens is 267 g/mol. The minimum absolute atomic E-state index is 0.114. The lowest BCUT2D eigenvalue weighted by Crippen LogP contribution is -2.37. The standard InChI is InChI=1S/C10H12F3N3O3/c11-10(12,13)5-16(1-2-17)7-4-15-8(14)3-6(7)9(18)19/h3-4,17H,1-2,5H2,(H2,14,15)(H,18,19). The molecule has 1 aromatic heterocycles. The van der Waals surface area contributed by atoms with Crippen LogP contribution in [0, 0.1) is 0 Å². The number of aromatic carboxylic acids is 1. The Balaban J connectivity index is 3.18. The van der Waals surface area contributed by atoms with E-state index in [1.165, 1.54) is 0 Å². The molecule has 106 valence electrons. The third-order valence-electron chi connectivity index (χ3n) is 2.22. The van der Waals surface area contributed by atoms with Crippen molar-refractivity contribution in [1.82, 2.24) is 4.98 Å². The summed E-state index contributed by atoms with van der Waals surface area (Å²) in [6, 6.07) is 0.971. The van der Waals surface area contributed by atoms with Crippen LogP contribution in [-0.4, -0.2) is 47.0 Å². The highest BCUT2D eigenvalue weighted by atomic mass is 19.4. The fourth-order valence-corrected chi connectivity index (χ4v) is 1.51. The number of carboxylic acids is 1. The van der Waals surface area contributed by atoms with Crippen LogP contribution in [0.2, 0.25) is 0 Å². The zero-order valence-corrected chi connectivity index (χ0v) is 9.68. The van der Waals surface area contributed by atoms with Crippen molar-refractivity contribution >= 4 is 17.5 Å². The van der Waals surface area contributed by atoms with Gasteiger partial charge in [0.05, 0.1) is 24.1 Å². The fraction of sp³-hybridized carbons (Fsp3) is 0.400. The van der Waals surface area contributed by atoms with Gasteiger partial charge in [-0.25, -0.2) is 9.78 Å². The predicted molar refractivity (Wildman–Crippen MR) is 61.0 cm³/mol. The van der Waals surface area contributed by atoms with Crippen LogP contribution in [0.1, 0.15) is 10.4 Å². The minimum Gasteiger partial charge on any atom is -0.478 e. The van der Waals surface area contributed by atoms with Crippen molar-refractivity contribution < 1.29 is 28.2 Å². The Morgan fingerprint density at radius 3 is 2.58 bits per heavy atom. The van der Waals surface area contributed by atoms with E-state index in [1.807, 2.05) is 0 Å². The number of carbonyl (C=O) groups is 1. The molecule has 6 nitrogen and oxygen atoms in total. The molecule has 0 amide bonds. The maximum atomic E-state index is 12.4. The zero-order chi connectivity index (χ0) is 14.6. The molecule has 0 bridgehead atoms. The summed E-state index contributed by atoms with van der Waals surface area (Å²) in [6.45, 7) is -2.32. The van der Waals surface area contributed by atoms with Crippen molar-refractivity contribution in [2.24, 2.45) is 0 Å². The predicted octanol–water partition coefficient (Wildman–Crippen LogP) is 0.723. The second-order valence-corrected chi connectivity index (χ2v) is 3.69. The summed E-state index contributed by atoms with van der Waals surface area (Å²) in [7, 11) is 0. The van der Waals surface area contributed by atoms with Crippen molar-refractivity contribution in [3.8, 4) is 0 Å². The molecule has 0 atom stereocenters. The Morgan fingerprint density at radius 2 is 2.11 bits per heavy atom. The molecule has 1 rings (SSSR count). The maximum absolute atomic E-state index is 12.4. The highest BCUT2D eigenvalue weighted by molar-refractivity contribution is 5.95. The molecule has 1 aromatic rings. The molecule has 9 heteroatoms. The molecule has 0 fully saturated rings. The lowest BCUT2D eigenvalue weighted by molar-refractivity contribution is -0.119. The first-order chi connectivity index (χ1) is 8.74. The summed E-state index contributed by atoms with van der Waals surface area (Å²) in [6.07, 6.45) is -3.59. The summed E-state index contributed by atoms with van der Waals surface area (Å²) in [5.41, 5.74) is 4.66. The van der Waals surface area contributed by atoms with Crippen molar-refractivity contribution in [1.29, 1.82) is 0 Å². The molecule has 0 saturated heterocycles. The first kappa shape index (κ1) is 15.0.